The van der Waals surface area contributed by atoms with Crippen LogP contribution in [0.4, 0.5) is 0 Å². The van der Waals surface area contributed by atoms with E-state index in [4.69, 9.17) is 9.47 Å². The van der Waals surface area contributed by atoms with Gasteiger partial charge < -0.3 is 25.0 Å². The number of aromatic nitrogens is 2. The van der Waals surface area contributed by atoms with Crippen LogP contribution in [0.5, 0.6) is 0 Å². The summed E-state index contributed by atoms with van der Waals surface area (Å²) in [7, 11) is 3.53. The summed E-state index contributed by atoms with van der Waals surface area (Å²) < 4.78 is 13.3. The first-order valence-corrected chi connectivity index (χ1v) is 11.0. The molecule has 1 aromatic carbocycles. The fourth-order valence-corrected chi connectivity index (χ4v) is 3.96. The number of aliphatic imine (C=N–C) groups is 1. The van der Waals surface area contributed by atoms with Crippen molar-refractivity contribution in [2.24, 2.45) is 12.0 Å². The van der Waals surface area contributed by atoms with E-state index < -0.39 is 5.72 Å². The van der Waals surface area contributed by atoms with Crippen molar-refractivity contribution in [1.29, 1.82) is 0 Å². The van der Waals surface area contributed by atoms with Crippen LogP contribution in [0.1, 0.15) is 18.4 Å². The minimum absolute atomic E-state index is 0.179. The van der Waals surface area contributed by atoms with E-state index in [0.717, 1.165) is 29.7 Å². The molecular weight excluding hydrogens is 408 g/mol. The van der Waals surface area contributed by atoms with Crippen LogP contribution in [-0.4, -0.2) is 66.0 Å². The van der Waals surface area contributed by atoms with E-state index in [1.165, 1.54) is 0 Å². The number of rotatable bonds is 5. The number of methoxy groups -OCH3 is 1. The van der Waals surface area contributed by atoms with E-state index in [0.29, 0.717) is 38.0 Å². The Morgan fingerprint density at radius 2 is 2.09 bits per heavy atom. The number of carbonyl (C=O) groups is 1. The third-order valence-corrected chi connectivity index (χ3v) is 5.94. The van der Waals surface area contributed by atoms with Crippen LogP contribution in [-0.2, 0) is 27.0 Å². The van der Waals surface area contributed by atoms with Gasteiger partial charge in [0.1, 0.15) is 5.70 Å². The van der Waals surface area contributed by atoms with Crippen LogP contribution < -0.4 is 10.6 Å². The molecule has 1 aliphatic carbocycles. The first kappa shape index (κ1) is 20.7. The van der Waals surface area contributed by atoms with E-state index in [1.807, 2.05) is 43.6 Å². The lowest BCUT2D eigenvalue weighted by Crippen LogP contribution is -2.57. The van der Waals surface area contributed by atoms with Gasteiger partial charge in [-0.25, -0.2) is 4.99 Å². The number of hydrogen-bond acceptors (Lipinski definition) is 7. The van der Waals surface area contributed by atoms with Crippen LogP contribution in [0.2, 0.25) is 0 Å². The normalized spacial score (nSPS) is 23.2. The third kappa shape index (κ3) is 4.13. The Labute approximate surface area is 187 Å². The molecular formula is C23H28N6O3. The highest BCUT2D eigenvalue weighted by Gasteiger charge is 2.39. The van der Waals surface area contributed by atoms with Gasteiger partial charge in [0.15, 0.2) is 5.72 Å². The molecule has 168 valence electrons. The molecule has 32 heavy (non-hydrogen) atoms. The number of benzene rings is 1. The van der Waals surface area contributed by atoms with Crippen molar-refractivity contribution in [2.45, 2.75) is 24.6 Å². The van der Waals surface area contributed by atoms with E-state index in [9.17, 15) is 4.79 Å². The molecule has 1 saturated heterocycles. The predicted octanol–water partition coefficient (Wildman–Crippen LogP) is 1.34. The molecule has 1 aromatic heterocycles. The maximum Gasteiger partial charge on any atom is 0.270 e. The maximum atomic E-state index is 13.0. The Hall–Kier alpha value is -3.17. The van der Waals surface area contributed by atoms with Crippen LogP contribution in [0.3, 0.4) is 0 Å². The zero-order valence-electron chi connectivity index (χ0n) is 18.4. The quantitative estimate of drug-likeness (QED) is 0.735. The third-order valence-electron chi connectivity index (χ3n) is 5.94. The van der Waals surface area contributed by atoms with Gasteiger partial charge in [0, 0.05) is 56.7 Å². The number of nitrogens with one attached hydrogen (secondary N) is 2. The van der Waals surface area contributed by atoms with Crippen molar-refractivity contribution >= 4 is 11.9 Å². The lowest BCUT2D eigenvalue weighted by molar-refractivity contribution is -0.118. The Kier molecular flexibility index (Phi) is 5.44. The molecule has 3 heterocycles. The fraction of sp³-hybridized carbons (Fsp3) is 0.435. The van der Waals surface area contributed by atoms with Gasteiger partial charge in [0.2, 0.25) is 5.96 Å². The van der Waals surface area contributed by atoms with Crippen molar-refractivity contribution in [3.05, 3.63) is 53.9 Å². The molecule has 9 heteroatoms. The molecule has 2 aromatic rings. The van der Waals surface area contributed by atoms with Gasteiger partial charge in [-0.05, 0) is 25.0 Å². The van der Waals surface area contributed by atoms with Gasteiger partial charge >= 0.3 is 0 Å². The zero-order chi connectivity index (χ0) is 22.1. The largest absolute Gasteiger partial charge is 0.378 e. The Balaban J connectivity index is 1.54. The molecule has 1 saturated carbocycles. The van der Waals surface area contributed by atoms with Gasteiger partial charge in [0.25, 0.3) is 5.91 Å². The summed E-state index contributed by atoms with van der Waals surface area (Å²) in [5, 5.41) is 11.0. The molecule has 1 atom stereocenters. The summed E-state index contributed by atoms with van der Waals surface area (Å²) in [6, 6.07) is 10.2. The monoisotopic (exact) mass is 436 g/mol. The Morgan fingerprint density at radius 1 is 1.28 bits per heavy atom. The highest BCUT2D eigenvalue weighted by atomic mass is 16.5. The number of amides is 1. The smallest absolute Gasteiger partial charge is 0.270 e. The average molecular weight is 437 g/mol. The highest BCUT2D eigenvalue weighted by molar-refractivity contribution is 5.98. The molecule has 0 spiro atoms. The van der Waals surface area contributed by atoms with Gasteiger partial charge in [-0.15, -0.1) is 0 Å². The molecule has 2 fully saturated rings. The van der Waals surface area contributed by atoms with Gasteiger partial charge in [-0.1, -0.05) is 18.2 Å². The lowest BCUT2D eigenvalue weighted by Gasteiger charge is -2.40. The second kappa shape index (κ2) is 8.40. The lowest BCUT2D eigenvalue weighted by atomic mass is 9.96. The zero-order valence-corrected chi connectivity index (χ0v) is 18.4. The molecule has 1 amide bonds. The number of aryl methyl sites for hydroxylation is 1. The Morgan fingerprint density at radius 3 is 2.78 bits per heavy atom. The van der Waals surface area contributed by atoms with Crippen LogP contribution in [0, 0.1) is 0 Å². The predicted molar refractivity (Wildman–Crippen MR) is 120 cm³/mol. The van der Waals surface area contributed by atoms with Gasteiger partial charge in [-0.3, -0.25) is 9.48 Å². The summed E-state index contributed by atoms with van der Waals surface area (Å²) in [5.41, 5.74) is 2.00. The number of ether oxygens (including phenoxy) is 2. The summed E-state index contributed by atoms with van der Waals surface area (Å²) in [6.45, 7) is 2.61. The van der Waals surface area contributed by atoms with Crippen molar-refractivity contribution in [2.75, 3.05) is 33.4 Å². The van der Waals surface area contributed by atoms with Crippen LogP contribution in [0.25, 0.3) is 11.3 Å². The number of guanidine groups is 1. The number of morpholine rings is 1. The average Bonchev–Trinajstić information content (AvgIpc) is 3.55. The summed E-state index contributed by atoms with van der Waals surface area (Å²) in [4.78, 5) is 19.7. The molecule has 9 nitrogen and oxygen atoms in total. The SMILES string of the molecule is COC1(c2cccc(-c3ccn(C)n3)c2)C=C(C(=O)NC2CC2)N=C(N2CCOCC2)N1. The molecule has 2 N–H and O–H groups in total. The van der Waals surface area contributed by atoms with Crippen molar-refractivity contribution in [1.82, 2.24) is 25.3 Å². The molecule has 2 aliphatic heterocycles. The summed E-state index contributed by atoms with van der Waals surface area (Å²) in [5.74, 6) is 0.434. The number of hydrogen-bond donors (Lipinski definition) is 2. The second-order valence-corrected chi connectivity index (χ2v) is 8.33. The molecule has 0 bridgehead atoms. The molecule has 3 aliphatic rings. The molecule has 5 rings (SSSR count). The van der Waals surface area contributed by atoms with E-state index in [2.05, 4.69) is 25.6 Å². The highest BCUT2D eigenvalue weighted by Crippen LogP contribution is 2.32. The van der Waals surface area contributed by atoms with Crippen LogP contribution in [0.15, 0.2) is 53.3 Å². The molecule has 1 unspecified atom stereocenters. The van der Waals surface area contributed by atoms with Crippen LogP contribution >= 0.6 is 0 Å². The molecule has 0 radical (unpaired) electrons. The minimum atomic E-state index is -1.05. The first-order valence-electron chi connectivity index (χ1n) is 11.0. The number of nitrogens with zero attached hydrogens (tertiary/aromatic N) is 4. The van der Waals surface area contributed by atoms with Gasteiger partial charge in [-0.2, -0.15) is 5.10 Å². The standard InChI is InChI=1S/C23H28N6O3/c1-28-9-8-19(27-28)16-4-3-5-17(14-16)23(31-2)15-20(21(30)24-18-6-7-18)25-22(26-23)29-10-12-32-13-11-29/h3-5,8-9,14-15,18H,6-7,10-13H2,1-2H3,(H,24,30)(H,25,26). The van der Waals surface area contributed by atoms with Crippen molar-refractivity contribution in [3.63, 3.8) is 0 Å². The Bertz CT molecular complexity index is 1070. The first-order chi connectivity index (χ1) is 15.6. The van der Waals surface area contributed by atoms with E-state index in [1.54, 1.807) is 17.9 Å². The summed E-state index contributed by atoms with van der Waals surface area (Å²) >= 11 is 0. The minimum Gasteiger partial charge on any atom is -0.378 e. The van der Waals surface area contributed by atoms with Gasteiger partial charge in [0.05, 0.1) is 18.9 Å². The fourth-order valence-electron chi connectivity index (χ4n) is 3.96. The van der Waals surface area contributed by atoms with E-state index in [-0.39, 0.29) is 11.9 Å². The maximum absolute atomic E-state index is 13.0. The topological polar surface area (TPSA) is 93.0 Å². The summed E-state index contributed by atoms with van der Waals surface area (Å²) in [6.07, 6.45) is 5.71. The van der Waals surface area contributed by atoms with E-state index >= 15 is 0 Å². The number of carbonyl (C=O) groups excluding carboxylic acids is 1. The van der Waals surface area contributed by atoms with Crippen molar-refractivity contribution in [3.8, 4) is 11.3 Å². The van der Waals surface area contributed by atoms with Crippen molar-refractivity contribution < 1.29 is 14.3 Å². The second-order valence-electron chi connectivity index (χ2n) is 8.33.